The minimum Gasteiger partial charge on any atom is -0.383 e. The van der Waals surface area contributed by atoms with Crippen molar-refractivity contribution in [3.05, 3.63) is 11.3 Å². The van der Waals surface area contributed by atoms with Crippen molar-refractivity contribution in [1.29, 1.82) is 0 Å². The summed E-state index contributed by atoms with van der Waals surface area (Å²) < 4.78 is 7.43. The molecule has 6 heteroatoms. The van der Waals surface area contributed by atoms with Crippen molar-refractivity contribution in [3.63, 3.8) is 0 Å². The first kappa shape index (κ1) is 16.6. The maximum absolute atomic E-state index is 5.09. The Morgan fingerprint density at radius 1 is 1.43 bits per heavy atom. The Bertz CT molecular complexity index is 472. The van der Waals surface area contributed by atoms with Crippen LogP contribution in [0.2, 0.25) is 0 Å². The molecule has 1 aromatic heterocycles. The van der Waals surface area contributed by atoms with Gasteiger partial charge >= 0.3 is 0 Å². The molecule has 1 saturated heterocycles. The van der Waals surface area contributed by atoms with Gasteiger partial charge in [-0.15, -0.1) is 0 Å². The van der Waals surface area contributed by atoms with Gasteiger partial charge in [0.15, 0.2) is 0 Å². The van der Waals surface area contributed by atoms with Gasteiger partial charge in [0.25, 0.3) is 0 Å². The molecule has 0 spiro atoms. The number of ether oxygens (including phenoxy) is 1. The second-order valence-electron chi connectivity index (χ2n) is 6.21. The highest BCUT2D eigenvalue weighted by molar-refractivity contribution is 8.00. The predicted octanol–water partition coefficient (Wildman–Crippen LogP) is 1.80. The Kier molecular flexibility index (Phi) is 5.57. The van der Waals surface area contributed by atoms with E-state index in [1.165, 1.54) is 17.1 Å². The van der Waals surface area contributed by atoms with Crippen LogP contribution < -0.4 is 10.2 Å². The van der Waals surface area contributed by atoms with Gasteiger partial charge in [0.1, 0.15) is 5.82 Å². The van der Waals surface area contributed by atoms with Crippen LogP contribution in [0, 0.1) is 6.92 Å². The second kappa shape index (κ2) is 7.03. The van der Waals surface area contributed by atoms with Crippen LogP contribution in [-0.4, -0.2) is 53.6 Å². The topological polar surface area (TPSA) is 42.3 Å². The van der Waals surface area contributed by atoms with E-state index in [-0.39, 0.29) is 0 Å². The van der Waals surface area contributed by atoms with Crippen molar-refractivity contribution in [2.45, 2.75) is 32.1 Å². The molecule has 0 amide bonds. The number of aromatic nitrogens is 2. The summed E-state index contributed by atoms with van der Waals surface area (Å²) in [6, 6.07) is 0. The Balaban J connectivity index is 2.14. The molecule has 1 N–H and O–H groups in total. The molecule has 1 aliphatic rings. The number of aryl methyl sites for hydroxylation is 2. The number of hydrogen-bond donors (Lipinski definition) is 1. The SMILES string of the molecule is COCCNCc1c(C)nn(C)c1N1CCSC(C)(C)C1. The third-order valence-electron chi connectivity index (χ3n) is 3.82. The zero-order chi connectivity index (χ0) is 15.5. The molecule has 120 valence electrons. The quantitative estimate of drug-likeness (QED) is 0.811. The van der Waals surface area contributed by atoms with E-state index in [4.69, 9.17) is 4.74 Å². The van der Waals surface area contributed by atoms with Gasteiger partial charge in [-0.05, 0) is 20.8 Å². The molecule has 0 saturated carbocycles. The maximum Gasteiger partial charge on any atom is 0.131 e. The van der Waals surface area contributed by atoms with Gasteiger partial charge in [-0.25, -0.2) is 0 Å². The van der Waals surface area contributed by atoms with Crippen molar-refractivity contribution in [3.8, 4) is 0 Å². The highest BCUT2D eigenvalue weighted by Gasteiger charge is 2.30. The van der Waals surface area contributed by atoms with Crippen LogP contribution in [0.3, 0.4) is 0 Å². The van der Waals surface area contributed by atoms with E-state index in [2.05, 4.69) is 54.9 Å². The zero-order valence-electron chi connectivity index (χ0n) is 13.9. The summed E-state index contributed by atoms with van der Waals surface area (Å²) in [6.07, 6.45) is 0. The molecular weight excluding hydrogens is 284 g/mol. The number of methoxy groups -OCH3 is 1. The van der Waals surface area contributed by atoms with E-state index in [9.17, 15) is 0 Å². The minimum atomic E-state index is 0.303. The highest BCUT2D eigenvalue weighted by Crippen LogP contribution is 2.34. The molecule has 0 bridgehead atoms. The standard InChI is InChI=1S/C15H28N4OS/c1-12-13(10-16-6-8-20-5)14(18(4)17-12)19-7-9-21-15(2,3)11-19/h16H,6-11H2,1-5H3. The summed E-state index contributed by atoms with van der Waals surface area (Å²) in [5.41, 5.74) is 2.43. The van der Waals surface area contributed by atoms with Crippen LogP contribution in [0.1, 0.15) is 25.1 Å². The summed E-state index contributed by atoms with van der Waals surface area (Å²) >= 11 is 2.06. The minimum absolute atomic E-state index is 0.303. The summed E-state index contributed by atoms with van der Waals surface area (Å²) in [6.45, 7) is 11.4. The third-order valence-corrected chi connectivity index (χ3v) is 5.12. The Morgan fingerprint density at radius 3 is 2.86 bits per heavy atom. The van der Waals surface area contributed by atoms with Gasteiger partial charge in [0, 0.05) is 56.4 Å². The molecular formula is C15H28N4OS. The number of thioether (sulfide) groups is 1. The van der Waals surface area contributed by atoms with E-state index in [1.807, 2.05) is 4.68 Å². The fraction of sp³-hybridized carbons (Fsp3) is 0.800. The summed E-state index contributed by atoms with van der Waals surface area (Å²) in [7, 11) is 3.78. The molecule has 2 rings (SSSR count). The molecule has 2 heterocycles. The van der Waals surface area contributed by atoms with E-state index < -0.39 is 0 Å². The highest BCUT2D eigenvalue weighted by atomic mass is 32.2. The molecule has 0 unspecified atom stereocenters. The molecule has 1 aliphatic heterocycles. The van der Waals surface area contributed by atoms with Crippen LogP contribution in [0.15, 0.2) is 0 Å². The van der Waals surface area contributed by atoms with Crippen LogP contribution >= 0.6 is 11.8 Å². The first-order valence-corrected chi connectivity index (χ1v) is 8.54. The normalized spacial score (nSPS) is 18.2. The molecule has 1 aromatic rings. The van der Waals surface area contributed by atoms with E-state index >= 15 is 0 Å². The molecule has 0 aromatic carbocycles. The van der Waals surface area contributed by atoms with E-state index in [0.717, 1.165) is 38.5 Å². The van der Waals surface area contributed by atoms with Crippen LogP contribution in [0.5, 0.6) is 0 Å². The summed E-state index contributed by atoms with van der Waals surface area (Å²) in [5.74, 6) is 2.44. The Morgan fingerprint density at radius 2 is 2.19 bits per heavy atom. The third kappa shape index (κ3) is 4.14. The van der Waals surface area contributed by atoms with Crippen molar-refractivity contribution < 1.29 is 4.74 Å². The van der Waals surface area contributed by atoms with Crippen molar-refractivity contribution >= 4 is 17.6 Å². The van der Waals surface area contributed by atoms with Crippen LogP contribution in [0.25, 0.3) is 0 Å². The first-order valence-electron chi connectivity index (χ1n) is 7.55. The van der Waals surface area contributed by atoms with E-state index in [0.29, 0.717) is 4.75 Å². The Hall–Kier alpha value is -0.720. The van der Waals surface area contributed by atoms with Crippen LogP contribution in [0.4, 0.5) is 5.82 Å². The number of nitrogens with zero attached hydrogens (tertiary/aromatic N) is 3. The van der Waals surface area contributed by atoms with Crippen molar-refractivity contribution in [2.75, 3.05) is 44.0 Å². The van der Waals surface area contributed by atoms with Gasteiger partial charge < -0.3 is 15.0 Å². The molecule has 21 heavy (non-hydrogen) atoms. The molecule has 0 atom stereocenters. The fourth-order valence-electron chi connectivity index (χ4n) is 2.88. The lowest BCUT2D eigenvalue weighted by molar-refractivity contribution is 0.199. The van der Waals surface area contributed by atoms with Gasteiger partial charge in [0.05, 0.1) is 12.3 Å². The fourth-order valence-corrected chi connectivity index (χ4v) is 3.99. The summed E-state index contributed by atoms with van der Waals surface area (Å²) in [5, 5.41) is 8.08. The average Bonchev–Trinajstić information content (AvgIpc) is 2.68. The first-order chi connectivity index (χ1) is 9.94. The largest absolute Gasteiger partial charge is 0.383 e. The van der Waals surface area contributed by atoms with Crippen molar-refractivity contribution in [1.82, 2.24) is 15.1 Å². The zero-order valence-corrected chi connectivity index (χ0v) is 14.7. The monoisotopic (exact) mass is 312 g/mol. The maximum atomic E-state index is 5.09. The number of hydrogen-bond acceptors (Lipinski definition) is 5. The van der Waals surface area contributed by atoms with Gasteiger partial charge in [-0.2, -0.15) is 16.9 Å². The smallest absolute Gasteiger partial charge is 0.131 e. The molecule has 0 aliphatic carbocycles. The average molecular weight is 312 g/mol. The predicted molar refractivity (Wildman–Crippen MR) is 90.3 cm³/mol. The van der Waals surface area contributed by atoms with Gasteiger partial charge in [-0.1, -0.05) is 0 Å². The number of rotatable bonds is 6. The lowest BCUT2D eigenvalue weighted by Crippen LogP contribution is -2.44. The lowest BCUT2D eigenvalue weighted by Gasteiger charge is -2.39. The molecule has 5 nitrogen and oxygen atoms in total. The second-order valence-corrected chi connectivity index (χ2v) is 8.01. The molecule has 1 fully saturated rings. The Labute approximate surface area is 132 Å². The summed E-state index contributed by atoms with van der Waals surface area (Å²) in [4.78, 5) is 2.49. The van der Waals surface area contributed by atoms with E-state index in [1.54, 1.807) is 7.11 Å². The van der Waals surface area contributed by atoms with Gasteiger partial charge in [-0.3, -0.25) is 4.68 Å². The van der Waals surface area contributed by atoms with Crippen LogP contribution in [-0.2, 0) is 18.3 Å². The van der Waals surface area contributed by atoms with Gasteiger partial charge in [0.2, 0.25) is 0 Å². The van der Waals surface area contributed by atoms with Crippen molar-refractivity contribution in [2.24, 2.45) is 7.05 Å². The lowest BCUT2D eigenvalue weighted by atomic mass is 10.1. The number of nitrogens with one attached hydrogen (secondary N) is 1. The molecule has 0 radical (unpaired) electrons. The number of anilines is 1.